The van der Waals surface area contributed by atoms with Gasteiger partial charge in [-0.2, -0.15) is 0 Å². The quantitative estimate of drug-likeness (QED) is 0.694. The summed E-state index contributed by atoms with van der Waals surface area (Å²) in [7, 11) is -0.753. The summed E-state index contributed by atoms with van der Waals surface area (Å²) in [4.78, 5) is 10.7. The molecule has 1 saturated heterocycles. The lowest BCUT2D eigenvalue weighted by molar-refractivity contribution is -0.149. The number of carboxylic acid groups (broad SMARTS) is 1. The van der Waals surface area contributed by atoms with Crippen molar-refractivity contribution in [2.45, 2.75) is 44.4 Å². The SMILES string of the molecule is CC(CCS(C)=O)NCC1CCC(C(=O)O)O1. The minimum Gasteiger partial charge on any atom is -0.479 e. The fraction of sp³-hybridized carbons (Fsp3) is 0.909. The number of carboxylic acids is 1. The summed E-state index contributed by atoms with van der Waals surface area (Å²) in [6.07, 6.45) is 3.29. The average molecular weight is 263 g/mol. The summed E-state index contributed by atoms with van der Waals surface area (Å²) in [5.74, 6) is -0.181. The van der Waals surface area contributed by atoms with Gasteiger partial charge in [-0.15, -0.1) is 0 Å². The molecule has 1 aliphatic rings. The number of carbonyl (C=O) groups is 1. The maximum atomic E-state index is 10.9. The van der Waals surface area contributed by atoms with Crippen LogP contribution in [0.3, 0.4) is 0 Å². The van der Waals surface area contributed by atoms with Crippen LogP contribution in [0.1, 0.15) is 26.2 Å². The van der Waals surface area contributed by atoms with Crippen molar-refractivity contribution >= 4 is 16.8 Å². The zero-order chi connectivity index (χ0) is 12.8. The molecular formula is C11H21NO4S. The molecule has 4 unspecified atom stereocenters. The topological polar surface area (TPSA) is 75.6 Å². The molecule has 1 heterocycles. The maximum absolute atomic E-state index is 10.9. The molecule has 0 radical (unpaired) electrons. The summed E-state index contributed by atoms with van der Waals surface area (Å²) in [6, 6.07) is 0.284. The second kappa shape index (κ2) is 7.08. The number of rotatable bonds is 7. The van der Waals surface area contributed by atoms with E-state index in [1.807, 2.05) is 6.92 Å². The highest BCUT2D eigenvalue weighted by atomic mass is 32.2. The Morgan fingerprint density at radius 3 is 2.82 bits per heavy atom. The summed E-state index contributed by atoms with van der Waals surface area (Å²) >= 11 is 0. The first-order valence-electron chi connectivity index (χ1n) is 5.90. The lowest BCUT2D eigenvalue weighted by atomic mass is 10.2. The third-order valence-corrected chi connectivity index (χ3v) is 3.73. The van der Waals surface area contributed by atoms with E-state index in [0.29, 0.717) is 18.7 Å². The molecule has 5 nitrogen and oxygen atoms in total. The van der Waals surface area contributed by atoms with Crippen LogP contribution in [0.5, 0.6) is 0 Å². The molecule has 0 spiro atoms. The molecule has 2 N–H and O–H groups in total. The Balaban J connectivity index is 2.14. The zero-order valence-electron chi connectivity index (χ0n) is 10.3. The minimum atomic E-state index is -0.873. The molecule has 0 saturated carbocycles. The van der Waals surface area contributed by atoms with E-state index in [0.717, 1.165) is 12.8 Å². The van der Waals surface area contributed by atoms with Crippen LogP contribution in [0.15, 0.2) is 0 Å². The molecule has 0 aromatic rings. The zero-order valence-corrected chi connectivity index (χ0v) is 11.2. The second-order valence-corrected chi connectivity index (χ2v) is 6.09. The third-order valence-electron chi connectivity index (χ3n) is 2.92. The Morgan fingerprint density at radius 2 is 2.29 bits per heavy atom. The number of aliphatic carboxylic acids is 1. The molecule has 0 bridgehead atoms. The number of hydrogen-bond donors (Lipinski definition) is 2. The molecule has 0 amide bonds. The van der Waals surface area contributed by atoms with Gasteiger partial charge in [0.15, 0.2) is 6.10 Å². The van der Waals surface area contributed by atoms with Gasteiger partial charge in [0.1, 0.15) is 0 Å². The van der Waals surface area contributed by atoms with Crippen molar-refractivity contribution in [2.75, 3.05) is 18.6 Å². The monoisotopic (exact) mass is 263 g/mol. The molecule has 4 atom stereocenters. The van der Waals surface area contributed by atoms with E-state index in [4.69, 9.17) is 9.84 Å². The van der Waals surface area contributed by atoms with Crippen LogP contribution in [-0.4, -0.2) is 52.1 Å². The van der Waals surface area contributed by atoms with Gasteiger partial charge in [-0.05, 0) is 26.2 Å². The Morgan fingerprint density at radius 1 is 1.59 bits per heavy atom. The molecule has 6 heteroatoms. The molecule has 0 aromatic carbocycles. The van der Waals surface area contributed by atoms with Gasteiger partial charge in [0.2, 0.25) is 0 Å². The normalized spacial score (nSPS) is 27.9. The van der Waals surface area contributed by atoms with Crippen LogP contribution in [0.2, 0.25) is 0 Å². The molecule has 1 fully saturated rings. The predicted octanol–water partition coefficient (Wildman–Crippen LogP) is 0.365. The largest absolute Gasteiger partial charge is 0.479 e. The molecule has 17 heavy (non-hydrogen) atoms. The smallest absolute Gasteiger partial charge is 0.332 e. The highest BCUT2D eigenvalue weighted by molar-refractivity contribution is 7.84. The molecule has 1 rings (SSSR count). The highest BCUT2D eigenvalue weighted by Crippen LogP contribution is 2.19. The van der Waals surface area contributed by atoms with Gasteiger partial charge in [-0.3, -0.25) is 4.21 Å². The molecule has 1 aliphatic heterocycles. The fourth-order valence-electron chi connectivity index (χ4n) is 1.81. The van der Waals surface area contributed by atoms with E-state index in [9.17, 15) is 9.00 Å². The van der Waals surface area contributed by atoms with E-state index >= 15 is 0 Å². The van der Waals surface area contributed by atoms with Gasteiger partial charge in [0, 0.05) is 35.4 Å². The van der Waals surface area contributed by atoms with Crippen LogP contribution in [0, 0.1) is 0 Å². The first-order valence-corrected chi connectivity index (χ1v) is 7.63. The molecule has 0 aliphatic carbocycles. The highest BCUT2D eigenvalue weighted by Gasteiger charge is 2.30. The van der Waals surface area contributed by atoms with E-state index in [2.05, 4.69) is 5.32 Å². The van der Waals surface area contributed by atoms with Crippen LogP contribution in [0.4, 0.5) is 0 Å². The Bertz CT molecular complexity index is 285. The first-order chi connectivity index (χ1) is 7.99. The van der Waals surface area contributed by atoms with E-state index in [1.165, 1.54) is 0 Å². The van der Waals surface area contributed by atoms with E-state index < -0.39 is 22.9 Å². The standard InChI is InChI=1S/C11H21NO4S/c1-8(5-6-17(2)15)12-7-9-3-4-10(16-9)11(13)14/h8-10,12H,3-7H2,1-2H3,(H,13,14). The van der Waals surface area contributed by atoms with Crippen molar-refractivity contribution in [3.05, 3.63) is 0 Å². The van der Waals surface area contributed by atoms with Gasteiger partial charge in [-0.25, -0.2) is 4.79 Å². The first kappa shape index (κ1) is 14.6. The molecule has 0 aromatic heterocycles. The summed E-state index contributed by atoms with van der Waals surface area (Å²) in [5, 5.41) is 12.1. The predicted molar refractivity (Wildman–Crippen MR) is 66.5 cm³/mol. The maximum Gasteiger partial charge on any atom is 0.332 e. The Kier molecular flexibility index (Phi) is 6.08. The summed E-state index contributed by atoms with van der Waals surface area (Å²) < 4.78 is 16.3. The van der Waals surface area contributed by atoms with Crippen LogP contribution >= 0.6 is 0 Å². The second-order valence-electron chi connectivity index (χ2n) is 4.54. The van der Waals surface area contributed by atoms with Gasteiger partial charge in [0.25, 0.3) is 0 Å². The van der Waals surface area contributed by atoms with E-state index in [-0.39, 0.29) is 12.1 Å². The van der Waals surface area contributed by atoms with Crippen molar-refractivity contribution in [1.82, 2.24) is 5.32 Å². The minimum absolute atomic E-state index is 0.00864. The number of ether oxygens (including phenoxy) is 1. The number of nitrogens with one attached hydrogen (secondary N) is 1. The van der Waals surface area contributed by atoms with Crippen molar-refractivity contribution in [3.63, 3.8) is 0 Å². The Hall–Kier alpha value is -0.460. The Labute approximate surface area is 104 Å². The summed E-state index contributed by atoms with van der Waals surface area (Å²) in [6.45, 7) is 2.71. The van der Waals surface area contributed by atoms with E-state index in [1.54, 1.807) is 6.26 Å². The van der Waals surface area contributed by atoms with Gasteiger partial charge in [0.05, 0.1) is 6.10 Å². The van der Waals surface area contributed by atoms with Gasteiger partial charge in [-0.1, -0.05) is 0 Å². The van der Waals surface area contributed by atoms with Crippen molar-refractivity contribution in [3.8, 4) is 0 Å². The fourth-order valence-corrected chi connectivity index (χ4v) is 2.50. The number of hydrogen-bond acceptors (Lipinski definition) is 4. The lowest BCUT2D eigenvalue weighted by Crippen LogP contribution is -2.35. The van der Waals surface area contributed by atoms with Crippen molar-refractivity contribution in [1.29, 1.82) is 0 Å². The van der Waals surface area contributed by atoms with Crippen LogP contribution in [0.25, 0.3) is 0 Å². The van der Waals surface area contributed by atoms with Crippen molar-refractivity contribution < 1.29 is 18.8 Å². The van der Waals surface area contributed by atoms with Crippen molar-refractivity contribution in [2.24, 2.45) is 0 Å². The van der Waals surface area contributed by atoms with Crippen LogP contribution < -0.4 is 5.32 Å². The lowest BCUT2D eigenvalue weighted by Gasteiger charge is -2.17. The van der Waals surface area contributed by atoms with Gasteiger partial charge >= 0.3 is 5.97 Å². The third kappa shape index (κ3) is 5.61. The van der Waals surface area contributed by atoms with Crippen LogP contribution in [-0.2, 0) is 20.3 Å². The average Bonchev–Trinajstić information content (AvgIpc) is 2.72. The summed E-state index contributed by atoms with van der Waals surface area (Å²) in [5.41, 5.74) is 0. The van der Waals surface area contributed by atoms with Gasteiger partial charge < -0.3 is 15.2 Å². The molecule has 100 valence electrons. The molecular weight excluding hydrogens is 242 g/mol.